The summed E-state index contributed by atoms with van der Waals surface area (Å²) >= 11 is 0. The summed E-state index contributed by atoms with van der Waals surface area (Å²) in [6, 6.07) is 7.34. The second kappa shape index (κ2) is 6.04. The van der Waals surface area contributed by atoms with Gasteiger partial charge in [-0.25, -0.2) is 4.98 Å². The lowest BCUT2D eigenvalue weighted by molar-refractivity contribution is 0.0942. The summed E-state index contributed by atoms with van der Waals surface area (Å²) in [4.78, 5) is 16.1. The first-order chi connectivity index (χ1) is 9.22. The number of hydrogen-bond donors (Lipinski definition) is 1. The van der Waals surface area contributed by atoms with E-state index in [9.17, 15) is 4.79 Å². The molecule has 0 atom stereocenters. The van der Waals surface area contributed by atoms with Crippen LogP contribution in [0.1, 0.15) is 23.0 Å². The average molecular weight is 259 g/mol. The van der Waals surface area contributed by atoms with Gasteiger partial charge in [0.15, 0.2) is 0 Å². The van der Waals surface area contributed by atoms with Gasteiger partial charge in [-0.1, -0.05) is 6.07 Å². The van der Waals surface area contributed by atoms with Crippen LogP contribution in [0.25, 0.3) is 0 Å². The van der Waals surface area contributed by atoms with E-state index in [0.29, 0.717) is 24.7 Å². The molecule has 0 bridgehead atoms. The quantitative estimate of drug-likeness (QED) is 0.890. The number of carbonyl (C=O) groups is 1. The molecule has 0 aliphatic carbocycles. The number of carbonyl (C=O) groups excluding carboxylic acids is 1. The number of hydrogen-bond acceptors (Lipinski definition) is 3. The molecule has 2 heterocycles. The van der Waals surface area contributed by atoms with E-state index < -0.39 is 0 Å². The highest BCUT2D eigenvalue weighted by atomic mass is 16.5. The minimum absolute atomic E-state index is 0.112. The second-order valence-electron chi connectivity index (χ2n) is 4.09. The maximum atomic E-state index is 12.0. The summed E-state index contributed by atoms with van der Waals surface area (Å²) in [6.45, 7) is 2.85. The van der Waals surface area contributed by atoms with Gasteiger partial charge in [0.25, 0.3) is 5.91 Å². The van der Waals surface area contributed by atoms with Crippen LogP contribution in [0.3, 0.4) is 0 Å². The van der Waals surface area contributed by atoms with Crippen molar-refractivity contribution in [1.82, 2.24) is 14.9 Å². The maximum absolute atomic E-state index is 12.0. The molecule has 0 aliphatic heterocycles. The van der Waals surface area contributed by atoms with Crippen LogP contribution < -0.4 is 10.1 Å². The Balaban J connectivity index is 2.03. The van der Waals surface area contributed by atoms with Crippen LogP contribution >= 0.6 is 0 Å². The zero-order valence-corrected chi connectivity index (χ0v) is 11.1. The van der Waals surface area contributed by atoms with Gasteiger partial charge in [0.05, 0.1) is 6.61 Å². The van der Waals surface area contributed by atoms with E-state index in [2.05, 4.69) is 10.3 Å². The highest BCUT2D eigenvalue weighted by molar-refractivity contribution is 5.92. The van der Waals surface area contributed by atoms with Crippen LogP contribution in [0.5, 0.6) is 5.88 Å². The Hall–Kier alpha value is -2.30. The zero-order chi connectivity index (χ0) is 13.7. The van der Waals surface area contributed by atoms with E-state index >= 15 is 0 Å². The minimum atomic E-state index is -0.112. The molecule has 0 aromatic carbocycles. The largest absolute Gasteiger partial charge is 0.478 e. The van der Waals surface area contributed by atoms with Crippen molar-refractivity contribution in [2.75, 3.05) is 6.61 Å². The second-order valence-corrected chi connectivity index (χ2v) is 4.09. The number of nitrogens with zero attached hydrogens (tertiary/aromatic N) is 2. The molecule has 0 unspecified atom stereocenters. The molecule has 2 aromatic rings. The number of pyridine rings is 1. The fourth-order valence-electron chi connectivity index (χ4n) is 1.79. The summed E-state index contributed by atoms with van der Waals surface area (Å²) in [5.41, 5.74) is 1.49. The summed E-state index contributed by atoms with van der Waals surface area (Å²) in [6.07, 6.45) is 3.51. The number of amides is 1. The van der Waals surface area contributed by atoms with Crippen LogP contribution in [0.2, 0.25) is 0 Å². The van der Waals surface area contributed by atoms with E-state index in [0.717, 1.165) is 5.56 Å². The van der Waals surface area contributed by atoms with Crippen LogP contribution in [0.4, 0.5) is 0 Å². The number of aromatic nitrogens is 2. The van der Waals surface area contributed by atoms with Gasteiger partial charge in [-0.15, -0.1) is 0 Å². The Labute approximate surface area is 112 Å². The third kappa shape index (κ3) is 3.13. The summed E-state index contributed by atoms with van der Waals surface area (Å²) < 4.78 is 7.20. The molecular formula is C14H17N3O2. The van der Waals surface area contributed by atoms with E-state index in [1.165, 1.54) is 0 Å². The molecule has 2 aromatic heterocycles. The molecule has 0 fully saturated rings. The Morgan fingerprint density at radius 1 is 1.42 bits per heavy atom. The number of rotatable bonds is 5. The zero-order valence-electron chi connectivity index (χ0n) is 11.1. The Bertz CT molecular complexity index is 563. The van der Waals surface area contributed by atoms with Crippen molar-refractivity contribution in [1.29, 1.82) is 0 Å². The van der Waals surface area contributed by atoms with Gasteiger partial charge in [0, 0.05) is 31.5 Å². The molecular weight excluding hydrogens is 242 g/mol. The van der Waals surface area contributed by atoms with Gasteiger partial charge >= 0.3 is 0 Å². The van der Waals surface area contributed by atoms with E-state index in [1.54, 1.807) is 16.8 Å². The van der Waals surface area contributed by atoms with E-state index in [1.807, 2.05) is 38.4 Å². The van der Waals surface area contributed by atoms with Crippen LogP contribution in [0, 0.1) is 0 Å². The normalized spacial score (nSPS) is 10.2. The average Bonchev–Trinajstić information content (AvgIpc) is 2.84. The molecule has 0 saturated heterocycles. The molecule has 0 spiro atoms. The van der Waals surface area contributed by atoms with Crippen molar-refractivity contribution in [2.45, 2.75) is 13.5 Å². The maximum Gasteiger partial charge on any atom is 0.268 e. The molecule has 5 nitrogen and oxygen atoms in total. The summed E-state index contributed by atoms with van der Waals surface area (Å²) in [7, 11) is 1.84. The standard InChI is InChI=1S/C14H17N3O2/c1-3-19-14-11(6-4-8-15-14)10-16-13(18)12-7-5-9-17(12)2/h4-9H,3,10H2,1-2H3,(H,16,18). The summed E-state index contributed by atoms with van der Waals surface area (Å²) in [5.74, 6) is 0.455. The molecule has 100 valence electrons. The fraction of sp³-hybridized carbons (Fsp3) is 0.286. The molecule has 1 N–H and O–H groups in total. The van der Waals surface area contributed by atoms with Crippen molar-refractivity contribution in [3.63, 3.8) is 0 Å². The molecule has 0 radical (unpaired) electrons. The van der Waals surface area contributed by atoms with Crippen LogP contribution in [0.15, 0.2) is 36.7 Å². The minimum Gasteiger partial charge on any atom is -0.478 e. The highest BCUT2D eigenvalue weighted by Gasteiger charge is 2.10. The lowest BCUT2D eigenvalue weighted by Crippen LogP contribution is -2.25. The first-order valence-corrected chi connectivity index (χ1v) is 6.18. The predicted molar refractivity (Wildman–Crippen MR) is 72.0 cm³/mol. The van der Waals surface area contributed by atoms with Gasteiger partial charge in [-0.05, 0) is 25.1 Å². The highest BCUT2D eigenvalue weighted by Crippen LogP contribution is 2.14. The topological polar surface area (TPSA) is 56.1 Å². The molecule has 5 heteroatoms. The van der Waals surface area contributed by atoms with Crippen LogP contribution in [-0.4, -0.2) is 22.1 Å². The predicted octanol–water partition coefficient (Wildman–Crippen LogP) is 1.75. The number of nitrogens with one attached hydrogen (secondary N) is 1. The Morgan fingerprint density at radius 2 is 2.26 bits per heavy atom. The fourth-order valence-corrected chi connectivity index (χ4v) is 1.79. The van der Waals surface area contributed by atoms with E-state index in [-0.39, 0.29) is 5.91 Å². The van der Waals surface area contributed by atoms with Crippen LogP contribution in [-0.2, 0) is 13.6 Å². The van der Waals surface area contributed by atoms with E-state index in [4.69, 9.17) is 4.74 Å². The van der Waals surface area contributed by atoms with Crippen molar-refractivity contribution < 1.29 is 9.53 Å². The van der Waals surface area contributed by atoms with Gasteiger partial charge in [-0.2, -0.15) is 0 Å². The SMILES string of the molecule is CCOc1ncccc1CNC(=O)c1cccn1C. The van der Waals surface area contributed by atoms with Crippen molar-refractivity contribution in [3.8, 4) is 5.88 Å². The lowest BCUT2D eigenvalue weighted by atomic mass is 10.2. The van der Waals surface area contributed by atoms with Gasteiger partial charge in [-0.3, -0.25) is 4.79 Å². The Morgan fingerprint density at radius 3 is 2.95 bits per heavy atom. The molecule has 2 rings (SSSR count). The summed E-state index contributed by atoms with van der Waals surface area (Å²) in [5, 5.41) is 2.86. The third-order valence-electron chi connectivity index (χ3n) is 2.75. The number of aryl methyl sites for hydroxylation is 1. The third-order valence-corrected chi connectivity index (χ3v) is 2.75. The van der Waals surface area contributed by atoms with Gasteiger partial charge in [0.2, 0.25) is 5.88 Å². The molecule has 0 aliphatic rings. The molecule has 19 heavy (non-hydrogen) atoms. The number of ether oxygens (including phenoxy) is 1. The monoisotopic (exact) mass is 259 g/mol. The van der Waals surface area contributed by atoms with Crippen molar-refractivity contribution >= 4 is 5.91 Å². The van der Waals surface area contributed by atoms with Crippen molar-refractivity contribution in [3.05, 3.63) is 47.9 Å². The van der Waals surface area contributed by atoms with Gasteiger partial charge < -0.3 is 14.6 Å². The lowest BCUT2D eigenvalue weighted by Gasteiger charge is -2.10. The first kappa shape index (κ1) is 13.1. The Kier molecular flexibility index (Phi) is 4.18. The van der Waals surface area contributed by atoms with Crippen molar-refractivity contribution in [2.24, 2.45) is 7.05 Å². The smallest absolute Gasteiger partial charge is 0.268 e. The van der Waals surface area contributed by atoms with Gasteiger partial charge in [0.1, 0.15) is 5.69 Å². The molecule has 1 amide bonds. The molecule has 0 saturated carbocycles. The first-order valence-electron chi connectivity index (χ1n) is 6.18.